The number of hydrazone groups is 1. The average Bonchev–Trinajstić information content (AvgIpc) is 2.57. The number of hydrogen-bond donors (Lipinski definition) is 3. The van der Waals surface area contributed by atoms with Crippen LogP contribution in [0.2, 0.25) is 0 Å². The van der Waals surface area contributed by atoms with Crippen molar-refractivity contribution >= 4 is 28.1 Å². The monoisotopic (exact) mass is 408 g/mol. The van der Waals surface area contributed by atoms with Crippen molar-refractivity contribution in [2.45, 2.75) is 26.7 Å². The molecule has 1 aromatic heterocycles. The van der Waals surface area contributed by atoms with Gasteiger partial charge in [0.25, 0.3) is 5.56 Å². The summed E-state index contributed by atoms with van der Waals surface area (Å²) in [5.74, 6) is 1.04. The highest BCUT2D eigenvalue weighted by Crippen LogP contribution is 2.25. The fourth-order valence-electron chi connectivity index (χ4n) is 2.16. The van der Waals surface area contributed by atoms with Crippen LogP contribution >= 0.6 is 15.9 Å². The summed E-state index contributed by atoms with van der Waals surface area (Å²) < 4.78 is 6.45. The summed E-state index contributed by atoms with van der Waals surface area (Å²) in [6, 6.07) is 5.64. The second-order valence-electron chi connectivity index (χ2n) is 5.36. The normalized spacial score (nSPS) is 11.0. The zero-order valence-corrected chi connectivity index (χ0v) is 15.8. The first-order valence-electron chi connectivity index (χ1n) is 7.97. The number of benzene rings is 1. The van der Waals surface area contributed by atoms with E-state index in [1.54, 1.807) is 13.1 Å². The van der Waals surface area contributed by atoms with Crippen molar-refractivity contribution in [2.24, 2.45) is 5.10 Å². The van der Waals surface area contributed by atoms with Crippen molar-refractivity contribution in [3.05, 3.63) is 49.8 Å². The Morgan fingerprint density at radius 1 is 1.48 bits per heavy atom. The number of nitrogens with one attached hydrogen (secondary N) is 2. The predicted molar refractivity (Wildman–Crippen MR) is 102 cm³/mol. The second kappa shape index (κ2) is 9.33. The predicted octanol–water partition coefficient (Wildman–Crippen LogP) is 2.61. The van der Waals surface area contributed by atoms with Gasteiger partial charge in [0.2, 0.25) is 5.95 Å². The molecule has 1 heterocycles. The first-order chi connectivity index (χ1) is 12.0. The van der Waals surface area contributed by atoms with Crippen molar-refractivity contribution in [1.82, 2.24) is 9.97 Å². The fraction of sp³-hybridized carbons (Fsp3) is 0.353. The van der Waals surface area contributed by atoms with Gasteiger partial charge in [-0.2, -0.15) is 5.10 Å². The van der Waals surface area contributed by atoms with Gasteiger partial charge in [0.15, 0.2) is 0 Å². The quantitative estimate of drug-likeness (QED) is 0.460. The van der Waals surface area contributed by atoms with Gasteiger partial charge in [-0.25, -0.2) is 10.4 Å². The lowest BCUT2D eigenvalue weighted by molar-refractivity contribution is 0.298. The van der Waals surface area contributed by atoms with E-state index < -0.39 is 0 Å². The minimum atomic E-state index is -0.278. The Hall–Kier alpha value is -2.19. The molecule has 0 saturated heterocycles. The Balaban J connectivity index is 2.06. The van der Waals surface area contributed by atoms with Crippen LogP contribution in [0.5, 0.6) is 5.75 Å². The van der Waals surface area contributed by atoms with Crippen molar-refractivity contribution in [3.8, 4) is 5.75 Å². The molecule has 0 fully saturated rings. The largest absolute Gasteiger partial charge is 0.492 e. The van der Waals surface area contributed by atoms with Gasteiger partial charge >= 0.3 is 0 Å². The molecule has 0 aliphatic heterocycles. The lowest BCUT2D eigenvalue weighted by Gasteiger charge is -2.07. The summed E-state index contributed by atoms with van der Waals surface area (Å²) in [7, 11) is 0. The van der Waals surface area contributed by atoms with Crippen LogP contribution in [-0.4, -0.2) is 34.5 Å². The third-order valence-electron chi connectivity index (χ3n) is 3.39. The van der Waals surface area contributed by atoms with E-state index in [4.69, 9.17) is 9.84 Å². The van der Waals surface area contributed by atoms with Gasteiger partial charge in [-0.3, -0.25) is 9.78 Å². The summed E-state index contributed by atoms with van der Waals surface area (Å²) in [5, 5.41) is 13.0. The summed E-state index contributed by atoms with van der Waals surface area (Å²) in [6.45, 7) is 4.35. The van der Waals surface area contributed by atoms with Gasteiger partial charge in [-0.1, -0.05) is 6.92 Å². The van der Waals surface area contributed by atoms with Gasteiger partial charge in [0.05, 0.1) is 23.0 Å². The maximum Gasteiger partial charge on any atom is 0.255 e. The Bertz CT molecular complexity index is 805. The molecular weight excluding hydrogens is 388 g/mol. The number of rotatable bonds is 8. The molecule has 0 bridgehead atoms. The van der Waals surface area contributed by atoms with Crippen molar-refractivity contribution in [2.75, 3.05) is 18.6 Å². The number of halogens is 1. The van der Waals surface area contributed by atoms with E-state index >= 15 is 0 Å². The van der Waals surface area contributed by atoms with Crippen LogP contribution in [0.3, 0.4) is 0 Å². The molecule has 0 aliphatic carbocycles. The van der Waals surface area contributed by atoms with Crippen LogP contribution in [-0.2, 0) is 6.42 Å². The Morgan fingerprint density at radius 3 is 2.92 bits per heavy atom. The van der Waals surface area contributed by atoms with Crippen molar-refractivity contribution in [1.29, 1.82) is 0 Å². The van der Waals surface area contributed by atoms with Gasteiger partial charge in [-0.05, 0) is 53.0 Å². The standard InChI is InChI=1S/C17H21BrN4O3/c1-3-8-25-15-5-4-12(9-14(15)18)10-19-22-17-20-11(2)13(6-7-23)16(24)21-17/h4-5,9-10,23H,3,6-8H2,1-2H3,(H2,20,21,22,24)/b19-10-. The highest BCUT2D eigenvalue weighted by Gasteiger charge is 2.07. The van der Waals surface area contributed by atoms with E-state index in [1.165, 1.54) is 0 Å². The molecule has 3 N–H and O–H groups in total. The lowest BCUT2D eigenvalue weighted by Crippen LogP contribution is -2.19. The number of aliphatic hydroxyl groups is 1. The van der Waals surface area contributed by atoms with Crippen LogP contribution in [0, 0.1) is 6.92 Å². The number of aliphatic hydroxyl groups excluding tert-OH is 1. The van der Waals surface area contributed by atoms with Crippen LogP contribution in [0.25, 0.3) is 0 Å². The zero-order valence-electron chi connectivity index (χ0n) is 14.2. The molecule has 134 valence electrons. The van der Waals surface area contributed by atoms with Gasteiger partial charge in [0, 0.05) is 18.6 Å². The summed E-state index contributed by atoms with van der Waals surface area (Å²) >= 11 is 3.47. The number of hydrogen-bond acceptors (Lipinski definition) is 6. The molecule has 25 heavy (non-hydrogen) atoms. The van der Waals surface area contributed by atoms with E-state index in [-0.39, 0.29) is 24.5 Å². The van der Waals surface area contributed by atoms with Gasteiger partial charge in [-0.15, -0.1) is 0 Å². The van der Waals surface area contributed by atoms with Crippen LogP contribution < -0.4 is 15.7 Å². The molecule has 0 radical (unpaired) electrons. The highest BCUT2D eigenvalue weighted by atomic mass is 79.9. The molecule has 8 heteroatoms. The summed E-state index contributed by atoms with van der Waals surface area (Å²) in [5.41, 5.74) is 4.33. The minimum absolute atomic E-state index is 0.0939. The molecule has 0 spiro atoms. The van der Waals surface area contributed by atoms with Crippen molar-refractivity contribution in [3.63, 3.8) is 0 Å². The lowest BCUT2D eigenvalue weighted by atomic mass is 10.2. The van der Waals surface area contributed by atoms with E-state index in [2.05, 4.69) is 43.3 Å². The smallest absolute Gasteiger partial charge is 0.255 e. The topological polar surface area (TPSA) is 99.6 Å². The molecule has 2 rings (SSSR count). The first-order valence-corrected chi connectivity index (χ1v) is 8.76. The maximum absolute atomic E-state index is 11.9. The van der Waals surface area contributed by atoms with E-state index in [1.807, 2.05) is 18.2 Å². The first kappa shape index (κ1) is 19.1. The number of aromatic nitrogens is 2. The maximum atomic E-state index is 11.9. The molecule has 0 atom stereocenters. The second-order valence-corrected chi connectivity index (χ2v) is 6.21. The molecule has 0 saturated carbocycles. The fourth-order valence-corrected chi connectivity index (χ4v) is 2.67. The highest BCUT2D eigenvalue weighted by molar-refractivity contribution is 9.10. The van der Waals surface area contributed by atoms with E-state index in [9.17, 15) is 4.79 Å². The molecular formula is C17H21BrN4O3. The number of anilines is 1. The molecule has 2 aromatic rings. The third kappa shape index (κ3) is 5.40. The number of ether oxygens (including phenoxy) is 1. The SMILES string of the molecule is CCCOc1ccc(/C=N\Nc2nc(C)c(CCO)c(=O)[nH]2)cc1Br. The van der Waals surface area contributed by atoms with Crippen LogP contribution in [0.1, 0.15) is 30.2 Å². The van der Waals surface area contributed by atoms with E-state index in [0.29, 0.717) is 17.9 Å². The van der Waals surface area contributed by atoms with E-state index in [0.717, 1.165) is 22.2 Å². The Morgan fingerprint density at radius 2 is 2.28 bits per heavy atom. The Kier molecular flexibility index (Phi) is 7.15. The third-order valence-corrected chi connectivity index (χ3v) is 4.01. The molecule has 0 unspecified atom stereocenters. The van der Waals surface area contributed by atoms with Crippen LogP contribution in [0.15, 0.2) is 32.6 Å². The summed E-state index contributed by atoms with van der Waals surface area (Å²) in [6.07, 6.45) is 2.84. The number of nitrogens with zero attached hydrogens (tertiary/aromatic N) is 2. The average molecular weight is 409 g/mol. The number of aryl methyl sites for hydroxylation is 1. The molecule has 0 aliphatic rings. The van der Waals surface area contributed by atoms with Crippen LogP contribution in [0.4, 0.5) is 5.95 Å². The zero-order chi connectivity index (χ0) is 18.2. The van der Waals surface area contributed by atoms with Crippen molar-refractivity contribution < 1.29 is 9.84 Å². The molecule has 1 aromatic carbocycles. The Labute approximate surface area is 154 Å². The minimum Gasteiger partial charge on any atom is -0.492 e. The molecule has 0 amide bonds. The number of aromatic amines is 1. The molecule has 7 nitrogen and oxygen atoms in total. The van der Waals surface area contributed by atoms with Gasteiger partial charge < -0.3 is 9.84 Å². The summed E-state index contributed by atoms with van der Waals surface area (Å²) in [4.78, 5) is 18.8. The number of H-pyrrole nitrogens is 1. The van der Waals surface area contributed by atoms with Gasteiger partial charge in [0.1, 0.15) is 5.75 Å².